The van der Waals surface area contributed by atoms with Gasteiger partial charge in [0.25, 0.3) is 10.0 Å². The third kappa shape index (κ3) is 2.22. The Labute approximate surface area is 86.0 Å². The van der Waals surface area contributed by atoms with Crippen molar-refractivity contribution in [2.75, 3.05) is 0 Å². The fourth-order valence-electron chi connectivity index (χ4n) is 1.03. The summed E-state index contributed by atoms with van der Waals surface area (Å²) in [6.45, 7) is 0.168. The summed E-state index contributed by atoms with van der Waals surface area (Å²) in [6.07, 6.45) is 2.94. The molecule has 0 radical (unpaired) electrons. The van der Waals surface area contributed by atoms with E-state index in [1.54, 1.807) is 12.3 Å². The average Bonchev–Trinajstić information content (AvgIpc) is 2.88. The van der Waals surface area contributed by atoms with Crippen LogP contribution in [-0.4, -0.2) is 28.8 Å². The summed E-state index contributed by atoms with van der Waals surface area (Å²) in [5, 5.41) is 12.4. The standard InChI is InChI=1S/C7H9N5O2S/c13-15(14,7-2-4-9-12-7)10-5-6-1-3-8-11-6/h1-4,10H,5H2,(H,8,11)(H,9,12). The van der Waals surface area contributed by atoms with E-state index in [9.17, 15) is 8.42 Å². The van der Waals surface area contributed by atoms with Gasteiger partial charge in [-0.05, 0) is 12.1 Å². The molecule has 8 heteroatoms. The molecule has 0 aliphatic rings. The van der Waals surface area contributed by atoms with Gasteiger partial charge in [0, 0.05) is 6.20 Å². The molecule has 0 bridgehead atoms. The number of aromatic nitrogens is 4. The zero-order valence-corrected chi connectivity index (χ0v) is 8.45. The molecule has 0 saturated heterocycles. The number of hydrogen-bond acceptors (Lipinski definition) is 4. The highest BCUT2D eigenvalue weighted by Crippen LogP contribution is 2.03. The van der Waals surface area contributed by atoms with Gasteiger partial charge in [0.15, 0.2) is 5.03 Å². The molecule has 0 saturated carbocycles. The van der Waals surface area contributed by atoms with Crippen LogP contribution in [0.15, 0.2) is 29.6 Å². The Bertz CT molecular complexity index is 502. The van der Waals surface area contributed by atoms with E-state index in [0.29, 0.717) is 5.69 Å². The molecule has 2 aromatic rings. The van der Waals surface area contributed by atoms with Gasteiger partial charge >= 0.3 is 0 Å². The Morgan fingerprint density at radius 3 is 2.53 bits per heavy atom. The van der Waals surface area contributed by atoms with Crippen LogP contribution in [0.2, 0.25) is 0 Å². The van der Waals surface area contributed by atoms with Crippen LogP contribution in [0.1, 0.15) is 5.69 Å². The Morgan fingerprint density at radius 1 is 1.20 bits per heavy atom. The van der Waals surface area contributed by atoms with Crippen LogP contribution >= 0.6 is 0 Å². The van der Waals surface area contributed by atoms with Crippen LogP contribution in [0.25, 0.3) is 0 Å². The molecule has 0 aliphatic carbocycles. The molecule has 7 nitrogen and oxygen atoms in total. The molecule has 2 aromatic heterocycles. The van der Waals surface area contributed by atoms with Gasteiger partial charge in [-0.15, -0.1) is 0 Å². The van der Waals surface area contributed by atoms with E-state index >= 15 is 0 Å². The Hall–Kier alpha value is -1.67. The second kappa shape index (κ2) is 3.83. The molecule has 0 aromatic carbocycles. The van der Waals surface area contributed by atoms with Crippen molar-refractivity contribution in [1.29, 1.82) is 0 Å². The quantitative estimate of drug-likeness (QED) is 0.661. The zero-order valence-electron chi connectivity index (χ0n) is 7.64. The summed E-state index contributed by atoms with van der Waals surface area (Å²) in [4.78, 5) is 0. The normalized spacial score (nSPS) is 11.7. The van der Waals surface area contributed by atoms with Gasteiger partial charge in [0.05, 0.1) is 18.4 Å². The van der Waals surface area contributed by atoms with E-state index in [2.05, 4.69) is 25.1 Å². The van der Waals surface area contributed by atoms with Crippen molar-refractivity contribution < 1.29 is 8.42 Å². The number of H-pyrrole nitrogens is 2. The van der Waals surface area contributed by atoms with E-state index in [0.717, 1.165) is 0 Å². The van der Waals surface area contributed by atoms with E-state index in [-0.39, 0.29) is 11.6 Å². The minimum Gasteiger partial charge on any atom is -0.281 e. The minimum atomic E-state index is -3.51. The number of aromatic amines is 2. The van der Waals surface area contributed by atoms with Gasteiger partial charge < -0.3 is 0 Å². The lowest BCUT2D eigenvalue weighted by molar-refractivity contribution is 0.576. The summed E-state index contributed by atoms with van der Waals surface area (Å²) in [5.74, 6) is 0. The zero-order chi connectivity index (χ0) is 10.7. The highest BCUT2D eigenvalue weighted by molar-refractivity contribution is 7.89. The summed E-state index contributed by atoms with van der Waals surface area (Å²) < 4.78 is 25.5. The van der Waals surface area contributed by atoms with Crippen molar-refractivity contribution in [1.82, 2.24) is 25.1 Å². The fraction of sp³-hybridized carbons (Fsp3) is 0.143. The number of nitrogens with one attached hydrogen (secondary N) is 3. The first-order valence-corrected chi connectivity index (χ1v) is 5.64. The van der Waals surface area contributed by atoms with Gasteiger partial charge in [0.1, 0.15) is 0 Å². The monoisotopic (exact) mass is 227 g/mol. The lowest BCUT2D eigenvalue weighted by atomic mass is 10.4. The third-order valence-corrected chi connectivity index (χ3v) is 3.11. The SMILES string of the molecule is O=S(=O)(NCc1ccn[nH]1)c1ccn[nH]1. The smallest absolute Gasteiger partial charge is 0.257 e. The van der Waals surface area contributed by atoms with Crippen LogP contribution in [0.4, 0.5) is 0 Å². The van der Waals surface area contributed by atoms with Gasteiger partial charge in [0.2, 0.25) is 0 Å². The predicted molar refractivity (Wildman–Crippen MR) is 51.2 cm³/mol. The highest BCUT2D eigenvalue weighted by atomic mass is 32.2. The summed E-state index contributed by atoms with van der Waals surface area (Å²) >= 11 is 0. The largest absolute Gasteiger partial charge is 0.281 e. The van der Waals surface area contributed by atoms with Crippen molar-refractivity contribution >= 4 is 10.0 Å². The Kier molecular flexibility index (Phi) is 2.52. The molecule has 0 aliphatic heterocycles. The molecule has 0 fully saturated rings. The maximum absolute atomic E-state index is 11.6. The van der Waals surface area contributed by atoms with Crippen molar-refractivity contribution in [3.05, 3.63) is 30.2 Å². The molecule has 2 rings (SSSR count). The molecule has 3 N–H and O–H groups in total. The molecule has 0 amide bonds. The van der Waals surface area contributed by atoms with Crippen molar-refractivity contribution in [2.45, 2.75) is 11.6 Å². The van der Waals surface area contributed by atoms with Crippen LogP contribution in [0.3, 0.4) is 0 Å². The van der Waals surface area contributed by atoms with Gasteiger partial charge in [-0.1, -0.05) is 0 Å². The number of nitrogens with zero attached hydrogens (tertiary/aromatic N) is 2. The molecule has 15 heavy (non-hydrogen) atoms. The van der Waals surface area contributed by atoms with Crippen LogP contribution in [0, 0.1) is 0 Å². The second-order valence-corrected chi connectivity index (χ2v) is 4.56. The predicted octanol–water partition coefficient (Wildman–Crippen LogP) is -0.389. The van der Waals surface area contributed by atoms with Gasteiger partial charge in [-0.3, -0.25) is 10.2 Å². The van der Waals surface area contributed by atoms with Crippen molar-refractivity contribution in [3.63, 3.8) is 0 Å². The first-order chi connectivity index (χ1) is 7.18. The maximum Gasteiger partial charge on any atom is 0.257 e. The van der Waals surface area contributed by atoms with E-state index in [1.807, 2.05) is 0 Å². The van der Waals surface area contributed by atoms with E-state index in [1.165, 1.54) is 12.3 Å². The summed E-state index contributed by atoms with van der Waals surface area (Å²) in [5.41, 5.74) is 0.693. The Balaban J connectivity index is 2.06. The average molecular weight is 227 g/mol. The lowest BCUT2D eigenvalue weighted by Crippen LogP contribution is -2.23. The Morgan fingerprint density at radius 2 is 1.93 bits per heavy atom. The van der Waals surface area contributed by atoms with Crippen LogP contribution in [0.5, 0.6) is 0 Å². The minimum absolute atomic E-state index is 0.0435. The first kappa shape index (κ1) is 9.87. The molecule has 0 atom stereocenters. The van der Waals surface area contributed by atoms with Gasteiger partial charge in [-0.2, -0.15) is 10.2 Å². The molecule has 80 valence electrons. The van der Waals surface area contributed by atoms with E-state index < -0.39 is 10.0 Å². The summed E-state index contributed by atoms with van der Waals surface area (Å²) in [6, 6.07) is 3.07. The maximum atomic E-state index is 11.6. The molecule has 0 unspecified atom stereocenters. The molecular weight excluding hydrogens is 218 g/mol. The first-order valence-electron chi connectivity index (χ1n) is 4.16. The topological polar surface area (TPSA) is 104 Å². The van der Waals surface area contributed by atoms with Crippen molar-refractivity contribution in [2.24, 2.45) is 0 Å². The molecule has 0 spiro atoms. The number of sulfonamides is 1. The third-order valence-electron chi connectivity index (χ3n) is 1.78. The lowest BCUT2D eigenvalue weighted by Gasteiger charge is -2.01. The van der Waals surface area contributed by atoms with Crippen LogP contribution < -0.4 is 4.72 Å². The number of rotatable bonds is 4. The van der Waals surface area contributed by atoms with Gasteiger partial charge in [-0.25, -0.2) is 13.1 Å². The fourth-order valence-corrected chi connectivity index (χ4v) is 1.94. The summed E-state index contributed by atoms with van der Waals surface area (Å²) in [7, 11) is -3.51. The number of hydrogen-bond donors (Lipinski definition) is 3. The highest BCUT2D eigenvalue weighted by Gasteiger charge is 2.14. The van der Waals surface area contributed by atoms with Crippen LogP contribution in [-0.2, 0) is 16.6 Å². The van der Waals surface area contributed by atoms with Crippen molar-refractivity contribution in [3.8, 4) is 0 Å². The van der Waals surface area contributed by atoms with E-state index in [4.69, 9.17) is 0 Å². The molecular formula is C7H9N5O2S. The molecule has 2 heterocycles. The second-order valence-electron chi connectivity index (χ2n) is 2.83.